The zero-order valence-electron chi connectivity index (χ0n) is 8.42. The predicted molar refractivity (Wildman–Crippen MR) is 55.9 cm³/mol. The van der Waals surface area contributed by atoms with Crippen LogP contribution in [0, 0.1) is 5.92 Å². The Labute approximate surface area is 89.4 Å². The second-order valence-corrected chi connectivity index (χ2v) is 5.62. The van der Waals surface area contributed by atoms with Crippen LogP contribution in [0.5, 0.6) is 0 Å². The molecule has 0 aromatic heterocycles. The van der Waals surface area contributed by atoms with Gasteiger partial charge in [0.05, 0.1) is 11.7 Å². The number of carboxylic acids is 1. The lowest BCUT2D eigenvalue weighted by molar-refractivity contribution is -0.142. The van der Waals surface area contributed by atoms with Gasteiger partial charge in [-0.3, -0.25) is 4.79 Å². The van der Waals surface area contributed by atoms with Crippen molar-refractivity contribution in [2.45, 2.75) is 12.8 Å². The minimum absolute atomic E-state index is 0.0888. The highest BCUT2D eigenvalue weighted by Crippen LogP contribution is 2.19. The zero-order valence-corrected chi connectivity index (χ0v) is 9.24. The minimum atomic E-state index is -3.35. The topological polar surface area (TPSA) is 74.7 Å². The molecule has 0 radical (unpaired) electrons. The molecular formula is C9H15NO4S. The van der Waals surface area contributed by atoms with Crippen LogP contribution in [-0.2, 0) is 14.8 Å². The molecule has 6 heteroatoms. The van der Waals surface area contributed by atoms with Crippen LogP contribution in [0.15, 0.2) is 12.7 Å². The summed E-state index contributed by atoms with van der Waals surface area (Å²) in [5, 5.41) is 8.81. The maximum absolute atomic E-state index is 11.6. The largest absolute Gasteiger partial charge is 0.481 e. The van der Waals surface area contributed by atoms with Crippen LogP contribution in [0.1, 0.15) is 12.8 Å². The van der Waals surface area contributed by atoms with E-state index in [9.17, 15) is 13.2 Å². The number of aliphatic carboxylic acids is 1. The monoisotopic (exact) mass is 233 g/mol. The third kappa shape index (κ3) is 3.04. The number of carboxylic acid groups (broad SMARTS) is 1. The Hall–Kier alpha value is -0.880. The predicted octanol–water partition coefficient (Wildman–Crippen LogP) is 0.299. The van der Waals surface area contributed by atoms with E-state index in [2.05, 4.69) is 6.58 Å². The van der Waals surface area contributed by atoms with Crippen LogP contribution in [0.2, 0.25) is 0 Å². The van der Waals surface area contributed by atoms with Crippen LogP contribution >= 0.6 is 0 Å². The minimum Gasteiger partial charge on any atom is -0.481 e. The molecule has 0 amide bonds. The highest BCUT2D eigenvalue weighted by Gasteiger charge is 2.31. The maximum Gasteiger partial charge on any atom is 0.307 e. The molecule has 0 bridgehead atoms. The molecule has 0 aromatic rings. The van der Waals surface area contributed by atoms with E-state index in [1.165, 1.54) is 10.4 Å². The van der Waals surface area contributed by atoms with E-state index in [0.717, 1.165) is 0 Å². The lowest BCUT2D eigenvalue weighted by Gasteiger charge is -2.29. The first-order valence-electron chi connectivity index (χ1n) is 4.79. The molecule has 0 saturated carbocycles. The van der Waals surface area contributed by atoms with Crippen molar-refractivity contribution in [3.05, 3.63) is 12.7 Å². The Morgan fingerprint density at radius 3 is 2.80 bits per heavy atom. The first-order valence-corrected chi connectivity index (χ1v) is 6.40. The summed E-state index contributed by atoms with van der Waals surface area (Å²) in [6, 6.07) is 0. The molecule has 1 heterocycles. The maximum atomic E-state index is 11.6. The van der Waals surface area contributed by atoms with Gasteiger partial charge in [-0.15, -0.1) is 6.58 Å². The van der Waals surface area contributed by atoms with Crippen molar-refractivity contribution in [1.29, 1.82) is 0 Å². The Bertz CT molecular complexity index is 349. The van der Waals surface area contributed by atoms with Gasteiger partial charge in [-0.25, -0.2) is 12.7 Å². The SMILES string of the molecule is C=CCS(=O)(=O)N1CCCC(C(=O)O)C1. The second-order valence-electron chi connectivity index (χ2n) is 3.60. The molecule has 0 aromatic carbocycles. The number of nitrogens with zero attached hydrogens (tertiary/aromatic N) is 1. The van der Waals surface area contributed by atoms with E-state index in [4.69, 9.17) is 5.11 Å². The summed E-state index contributed by atoms with van der Waals surface area (Å²) < 4.78 is 24.5. The van der Waals surface area contributed by atoms with Gasteiger partial charge in [0.25, 0.3) is 0 Å². The molecular weight excluding hydrogens is 218 g/mol. The van der Waals surface area contributed by atoms with Crippen molar-refractivity contribution < 1.29 is 18.3 Å². The lowest BCUT2D eigenvalue weighted by atomic mass is 10.0. The summed E-state index contributed by atoms with van der Waals surface area (Å²) in [6.07, 6.45) is 2.47. The Morgan fingerprint density at radius 2 is 2.27 bits per heavy atom. The third-order valence-corrected chi connectivity index (χ3v) is 4.23. The van der Waals surface area contributed by atoms with Crippen molar-refractivity contribution in [3.8, 4) is 0 Å². The van der Waals surface area contributed by atoms with Gasteiger partial charge in [0, 0.05) is 13.1 Å². The highest BCUT2D eigenvalue weighted by atomic mass is 32.2. The van der Waals surface area contributed by atoms with E-state index in [-0.39, 0.29) is 12.3 Å². The van der Waals surface area contributed by atoms with Crippen LogP contribution < -0.4 is 0 Å². The molecule has 0 aliphatic carbocycles. The van der Waals surface area contributed by atoms with Gasteiger partial charge in [0.15, 0.2) is 0 Å². The number of sulfonamides is 1. The van der Waals surface area contributed by atoms with Crippen molar-refractivity contribution in [2.75, 3.05) is 18.8 Å². The molecule has 1 fully saturated rings. The van der Waals surface area contributed by atoms with Crippen LogP contribution in [0.3, 0.4) is 0 Å². The standard InChI is InChI=1S/C9H15NO4S/c1-2-6-15(13,14)10-5-3-4-8(7-10)9(11)12/h2,8H,1,3-7H2,(H,11,12). The highest BCUT2D eigenvalue weighted by molar-refractivity contribution is 7.89. The van der Waals surface area contributed by atoms with Gasteiger partial charge < -0.3 is 5.11 Å². The average Bonchev–Trinajstić information content (AvgIpc) is 2.18. The van der Waals surface area contributed by atoms with Gasteiger partial charge in [-0.2, -0.15) is 0 Å². The summed E-state index contributed by atoms with van der Waals surface area (Å²) in [6.45, 7) is 3.88. The van der Waals surface area contributed by atoms with E-state index in [1.807, 2.05) is 0 Å². The van der Waals surface area contributed by atoms with Crippen molar-refractivity contribution in [2.24, 2.45) is 5.92 Å². The quantitative estimate of drug-likeness (QED) is 0.709. The smallest absolute Gasteiger partial charge is 0.307 e. The van der Waals surface area contributed by atoms with E-state index < -0.39 is 21.9 Å². The van der Waals surface area contributed by atoms with E-state index in [1.54, 1.807) is 0 Å². The summed E-state index contributed by atoms with van der Waals surface area (Å²) in [5.41, 5.74) is 0. The van der Waals surface area contributed by atoms with Crippen molar-refractivity contribution in [1.82, 2.24) is 4.31 Å². The molecule has 15 heavy (non-hydrogen) atoms. The molecule has 1 N–H and O–H groups in total. The first-order chi connectivity index (χ1) is 6.97. The van der Waals surface area contributed by atoms with E-state index in [0.29, 0.717) is 19.4 Å². The number of carbonyl (C=O) groups is 1. The zero-order chi connectivity index (χ0) is 11.5. The molecule has 5 nitrogen and oxygen atoms in total. The number of hydrogen-bond acceptors (Lipinski definition) is 3. The Morgan fingerprint density at radius 1 is 1.60 bits per heavy atom. The fraction of sp³-hybridized carbons (Fsp3) is 0.667. The van der Waals surface area contributed by atoms with E-state index >= 15 is 0 Å². The molecule has 86 valence electrons. The average molecular weight is 233 g/mol. The number of hydrogen-bond donors (Lipinski definition) is 1. The lowest BCUT2D eigenvalue weighted by Crippen LogP contribution is -2.42. The van der Waals surface area contributed by atoms with Gasteiger partial charge in [0.1, 0.15) is 0 Å². The van der Waals surface area contributed by atoms with Crippen LogP contribution in [-0.4, -0.2) is 42.6 Å². The molecule has 1 rings (SSSR count). The fourth-order valence-electron chi connectivity index (χ4n) is 1.65. The summed E-state index contributed by atoms with van der Waals surface area (Å²) in [5.74, 6) is -1.62. The summed E-state index contributed by atoms with van der Waals surface area (Å²) in [7, 11) is -3.35. The molecule has 1 saturated heterocycles. The Balaban J connectivity index is 2.71. The normalized spacial score (nSPS) is 23.6. The number of rotatable bonds is 4. The first kappa shape index (κ1) is 12.2. The molecule has 1 aliphatic rings. The van der Waals surface area contributed by atoms with Crippen LogP contribution in [0.4, 0.5) is 0 Å². The summed E-state index contributed by atoms with van der Waals surface area (Å²) in [4.78, 5) is 10.7. The van der Waals surface area contributed by atoms with Gasteiger partial charge in [-0.05, 0) is 12.8 Å². The third-order valence-electron chi connectivity index (χ3n) is 2.46. The molecule has 1 atom stereocenters. The van der Waals surface area contributed by atoms with Gasteiger partial charge in [0.2, 0.25) is 10.0 Å². The summed E-state index contributed by atoms with van der Waals surface area (Å²) >= 11 is 0. The molecule has 0 spiro atoms. The van der Waals surface area contributed by atoms with Crippen molar-refractivity contribution >= 4 is 16.0 Å². The van der Waals surface area contributed by atoms with Crippen LogP contribution in [0.25, 0.3) is 0 Å². The van der Waals surface area contributed by atoms with Gasteiger partial charge >= 0.3 is 5.97 Å². The van der Waals surface area contributed by atoms with Gasteiger partial charge in [-0.1, -0.05) is 6.08 Å². The molecule has 1 aliphatic heterocycles. The Kier molecular flexibility index (Phi) is 3.87. The second kappa shape index (κ2) is 4.76. The van der Waals surface area contributed by atoms with Crippen molar-refractivity contribution in [3.63, 3.8) is 0 Å². The number of piperidine rings is 1. The fourth-order valence-corrected chi connectivity index (χ4v) is 2.97. The molecule has 1 unspecified atom stereocenters.